The molecular weight excluding hydrogens is 444 g/mol. The number of hydrogen-bond acceptors (Lipinski definition) is 4. The number of ketones is 1. The summed E-state index contributed by atoms with van der Waals surface area (Å²) < 4.78 is 24.3. The first-order chi connectivity index (χ1) is 14.8. The second-order valence-corrected chi connectivity index (χ2v) is 9.44. The third-order valence-corrected chi connectivity index (χ3v) is 6.20. The Hall–Kier alpha value is -2.51. The molecule has 7 heteroatoms. The molecule has 32 heavy (non-hydrogen) atoms. The van der Waals surface area contributed by atoms with Crippen LogP contribution in [-0.4, -0.2) is 20.7 Å². The number of hydrogen-bond donors (Lipinski definition) is 2. The summed E-state index contributed by atoms with van der Waals surface area (Å²) in [4.78, 5) is 12.7. The minimum absolute atomic E-state index is 0. The van der Waals surface area contributed by atoms with Gasteiger partial charge in [0.15, 0.2) is 5.78 Å². The van der Waals surface area contributed by atoms with Gasteiger partial charge >= 0.3 is 0 Å². The number of sulfonamides is 1. The van der Waals surface area contributed by atoms with Crippen LogP contribution in [0.3, 0.4) is 0 Å². The lowest BCUT2D eigenvalue weighted by atomic mass is 9.97. The van der Waals surface area contributed by atoms with Gasteiger partial charge in [0.05, 0.1) is 11.4 Å². The maximum atomic E-state index is 12.7. The molecule has 0 saturated carbocycles. The fraction of sp³-hybridized carbons (Fsp3) is 0.240. The van der Waals surface area contributed by atoms with E-state index < -0.39 is 10.0 Å². The van der Waals surface area contributed by atoms with Crippen molar-refractivity contribution < 1.29 is 13.2 Å². The van der Waals surface area contributed by atoms with Crippen LogP contribution < -0.4 is 10.5 Å². The largest absolute Gasteiger partial charge is 0.306 e. The van der Waals surface area contributed by atoms with Gasteiger partial charge in [0.1, 0.15) is 0 Å². The zero-order chi connectivity index (χ0) is 22.4. The van der Waals surface area contributed by atoms with Crippen LogP contribution in [-0.2, 0) is 23.0 Å². The maximum Gasteiger partial charge on any atom is 0.238 e. The van der Waals surface area contributed by atoms with Crippen molar-refractivity contribution in [1.82, 2.24) is 5.32 Å². The van der Waals surface area contributed by atoms with Gasteiger partial charge in [-0.25, -0.2) is 13.6 Å². The van der Waals surface area contributed by atoms with Crippen molar-refractivity contribution in [3.8, 4) is 0 Å². The lowest BCUT2D eigenvalue weighted by Crippen LogP contribution is -2.24. The van der Waals surface area contributed by atoms with Crippen molar-refractivity contribution in [1.29, 1.82) is 0 Å². The van der Waals surface area contributed by atoms with Gasteiger partial charge in [0.2, 0.25) is 10.0 Å². The average Bonchev–Trinajstić information content (AvgIpc) is 2.74. The standard InChI is InChI=1S/C25H28N2O3S.ClH/c1-18(2)23-11-7-6-10-22(23)16-27-17-24(28)20-12-13-21(25(15-20)31(26,29)30)14-19-8-4-3-5-9-19;/h3-13,15,18,27H,14,16-17H2,1-2H3,(H2,26,29,30);1H. The van der Waals surface area contributed by atoms with E-state index in [1.807, 2.05) is 48.5 Å². The second kappa shape index (κ2) is 11.4. The van der Waals surface area contributed by atoms with Gasteiger partial charge in [0.25, 0.3) is 0 Å². The molecule has 5 nitrogen and oxygen atoms in total. The summed E-state index contributed by atoms with van der Waals surface area (Å²) in [6, 6.07) is 22.4. The maximum absolute atomic E-state index is 12.7. The quantitative estimate of drug-likeness (QED) is 0.450. The summed E-state index contributed by atoms with van der Waals surface area (Å²) >= 11 is 0. The molecule has 0 spiro atoms. The lowest BCUT2D eigenvalue weighted by Gasteiger charge is -2.13. The summed E-state index contributed by atoms with van der Waals surface area (Å²) in [5, 5.41) is 8.62. The number of rotatable bonds is 9. The molecule has 0 saturated heterocycles. The van der Waals surface area contributed by atoms with Crippen molar-refractivity contribution in [3.05, 3.63) is 101 Å². The third kappa shape index (κ3) is 6.74. The number of carbonyl (C=O) groups excluding carboxylic acids is 1. The SMILES string of the molecule is CC(C)c1ccccc1CNCC(=O)c1ccc(Cc2ccccc2)c(S(N)(=O)=O)c1.Cl. The van der Waals surface area contributed by atoms with Crippen LogP contribution in [0.1, 0.15) is 52.4 Å². The Kier molecular flexibility index (Phi) is 9.16. The molecule has 0 aliphatic rings. The summed E-state index contributed by atoms with van der Waals surface area (Å²) in [5.74, 6) is 0.210. The number of nitrogens with two attached hydrogens (primary N) is 1. The third-order valence-electron chi connectivity index (χ3n) is 5.21. The molecule has 0 unspecified atom stereocenters. The van der Waals surface area contributed by atoms with Gasteiger partial charge in [-0.05, 0) is 40.7 Å². The fourth-order valence-corrected chi connectivity index (χ4v) is 4.42. The summed E-state index contributed by atoms with van der Waals surface area (Å²) in [7, 11) is -3.96. The van der Waals surface area contributed by atoms with Gasteiger partial charge < -0.3 is 5.32 Å². The van der Waals surface area contributed by atoms with E-state index >= 15 is 0 Å². The van der Waals surface area contributed by atoms with Crippen molar-refractivity contribution in [2.45, 2.75) is 37.6 Å². The first-order valence-electron chi connectivity index (χ1n) is 10.3. The Bertz CT molecular complexity index is 1160. The van der Waals surface area contributed by atoms with Crippen LogP contribution >= 0.6 is 12.4 Å². The molecule has 0 atom stereocenters. The predicted octanol–water partition coefficient (Wildman–Crippen LogP) is 4.44. The van der Waals surface area contributed by atoms with Gasteiger partial charge in [-0.15, -0.1) is 12.4 Å². The smallest absolute Gasteiger partial charge is 0.238 e. The number of halogens is 1. The molecule has 0 bridgehead atoms. The van der Waals surface area contributed by atoms with E-state index in [0.717, 1.165) is 11.1 Å². The molecule has 0 radical (unpaired) electrons. The molecule has 0 amide bonds. The van der Waals surface area contributed by atoms with E-state index in [2.05, 4.69) is 25.2 Å². The highest BCUT2D eigenvalue weighted by Crippen LogP contribution is 2.21. The molecule has 3 aromatic carbocycles. The van der Waals surface area contributed by atoms with E-state index in [0.29, 0.717) is 30.0 Å². The lowest BCUT2D eigenvalue weighted by molar-refractivity contribution is 0.0990. The van der Waals surface area contributed by atoms with Crippen LogP contribution in [0.15, 0.2) is 77.7 Å². The van der Waals surface area contributed by atoms with E-state index in [4.69, 9.17) is 5.14 Å². The van der Waals surface area contributed by atoms with Crippen LogP contribution in [0.25, 0.3) is 0 Å². The summed E-state index contributed by atoms with van der Waals surface area (Å²) in [5.41, 5.74) is 4.25. The molecule has 0 fully saturated rings. The Balaban J connectivity index is 0.00000363. The van der Waals surface area contributed by atoms with Gasteiger partial charge in [-0.2, -0.15) is 0 Å². The molecule has 3 aromatic rings. The van der Waals surface area contributed by atoms with Crippen molar-refractivity contribution in [2.24, 2.45) is 5.14 Å². The van der Waals surface area contributed by atoms with Crippen molar-refractivity contribution in [3.63, 3.8) is 0 Å². The highest BCUT2D eigenvalue weighted by molar-refractivity contribution is 7.89. The molecule has 0 aliphatic heterocycles. The van der Waals surface area contributed by atoms with Crippen LogP contribution in [0.2, 0.25) is 0 Å². The number of Topliss-reactive ketones (excluding diaryl/α,β-unsaturated/α-hetero) is 1. The number of carbonyl (C=O) groups is 1. The van der Waals surface area contributed by atoms with E-state index in [-0.39, 0.29) is 29.6 Å². The predicted molar refractivity (Wildman–Crippen MR) is 131 cm³/mol. The molecule has 0 heterocycles. The van der Waals surface area contributed by atoms with E-state index in [1.165, 1.54) is 11.6 Å². The van der Waals surface area contributed by atoms with E-state index in [1.54, 1.807) is 12.1 Å². The van der Waals surface area contributed by atoms with E-state index in [9.17, 15) is 13.2 Å². The first kappa shape index (κ1) is 25.7. The molecular formula is C25H29ClN2O3S. The molecule has 3 N–H and O–H groups in total. The fourth-order valence-electron chi connectivity index (χ4n) is 3.63. The average molecular weight is 473 g/mol. The van der Waals surface area contributed by atoms with Crippen LogP contribution in [0, 0.1) is 0 Å². The van der Waals surface area contributed by atoms with Gasteiger partial charge in [-0.1, -0.05) is 80.6 Å². The number of nitrogens with one attached hydrogen (secondary N) is 1. The van der Waals surface area contributed by atoms with Gasteiger partial charge in [-0.3, -0.25) is 4.79 Å². The molecule has 0 aromatic heterocycles. The molecule has 170 valence electrons. The number of benzene rings is 3. The molecule has 0 aliphatic carbocycles. The zero-order valence-electron chi connectivity index (χ0n) is 18.2. The summed E-state index contributed by atoms with van der Waals surface area (Å²) in [6.07, 6.45) is 0.422. The van der Waals surface area contributed by atoms with Crippen molar-refractivity contribution >= 4 is 28.2 Å². The minimum Gasteiger partial charge on any atom is -0.306 e. The van der Waals surface area contributed by atoms with Gasteiger partial charge in [0, 0.05) is 12.1 Å². The topological polar surface area (TPSA) is 89.3 Å². The minimum atomic E-state index is -3.96. The van der Waals surface area contributed by atoms with Crippen molar-refractivity contribution in [2.75, 3.05) is 6.54 Å². The molecule has 3 rings (SSSR count). The Labute approximate surface area is 196 Å². The Morgan fingerprint density at radius 2 is 1.59 bits per heavy atom. The normalized spacial score (nSPS) is 11.2. The van der Waals surface area contributed by atoms with Crippen LogP contribution in [0.4, 0.5) is 0 Å². The number of primary sulfonamides is 1. The highest BCUT2D eigenvalue weighted by atomic mass is 35.5. The summed E-state index contributed by atoms with van der Waals surface area (Å²) in [6.45, 7) is 4.94. The van der Waals surface area contributed by atoms with Crippen LogP contribution in [0.5, 0.6) is 0 Å². The monoisotopic (exact) mass is 472 g/mol. The zero-order valence-corrected chi connectivity index (χ0v) is 19.9. The Morgan fingerprint density at radius 1 is 0.938 bits per heavy atom. The second-order valence-electron chi connectivity index (χ2n) is 7.91. The Morgan fingerprint density at radius 3 is 2.25 bits per heavy atom. The first-order valence-corrected chi connectivity index (χ1v) is 11.8. The highest BCUT2D eigenvalue weighted by Gasteiger charge is 2.18.